The predicted octanol–water partition coefficient (Wildman–Crippen LogP) is 1.45. The number of nitrogens with one attached hydrogen (secondary N) is 2. The number of carbonyl (C=O) groups is 1. The molecule has 6 nitrogen and oxygen atoms in total. The van der Waals surface area contributed by atoms with Crippen LogP contribution in [0.25, 0.3) is 0 Å². The molecule has 0 aromatic carbocycles. The molecule has 19 heavy (non-hydrogen) atoms. The van der Waals surface area contributed by atoms with Crippen LogP contribution in [0.2, 0.25) is 0 Å². The summed E-state index contributed by atoms with van der Waals surface area (Å²) >= 11 is 0. The van der Waals surface area contributed by atoms with Crippen LogP contribution in [0.1, 0.15) is 27.2 Å². The second-order valence-corrected chi connectivity index (χ2v) is 4.91. The summed E-state index contributed by atoms with van der Waals surface area (Å²) in [5.41, 5.74) is -0.510. The lowest BCUT2D eigenvalue weighted by molar-refractivity contribution is -0.128. The van der Waals surface area contributed by atoms with Crippen LogP contribution < -0.4 is 15.4 Å². The Morgan fingerprint density at radius 3 is 2.79 bits per heavy atom. The van der Waals surface area contributed by atoms with E-state index in [2.05, 4.69) is 20.6 Å². The third kappa shape index (κ3) is 4.73. The molecular weight excluding hydrogens is 244 g/mol. The van der Waals surface area contributed by atoms with E-state index in [-0.39, 0.29) is 5.91 Å². The number of nitrogens with zero attached hydrogens (tertiary/aromatic N) is 2. The van der Waals surface area contributed by atoms with E-state index in [1.807, 2.05) is 20.8 Å². The molecule has 0 saturated heterocycles. The highest BCUT2D eigenvalue weighted by Crippen LogP contribution is 2.17. The van der Waals surface area contributed by atoms with E-state index in [9.17, 15) is 4.79 Å². The quantitative estimate of drug-likeness (QED) is 0.781. The van der Waals surface area contributed by atoms with Crippen molar-refractivity contribution in [3.05, 3.63) is 12.4 Å². The fourth-order valence-corrected chi connectivity index (χ4v) is 1.45. The maximum atomic E-state index is 11.7. The van der Waals surface area contributed by atoms with Crippen molar-refractivity contribution in [2.24, 2.45) is 5.41 Å². The molecule has 1 aromatic heterocycles. The van der Waals surface area contributed by atoms with E-state index < -0.39 is 5.41 Å². The highest BCUT2D eigenvalue weighted by atomic mass is 16.5. The van der Waals surface area contributed by atoms with E-state index in [0.29, 0.717) is 24.8 Å². The number of aromatic nitrogens is 2. The maximum Gasteiger partial charge on any atom is 0.227 e. The molecule has 6 heteroatoms. The summed E-state index contributed by atoms with van der Waals surface area (Å²) in [4.78, 5) is 19.8. The van der Waals surface area contributed by atoms with Crippen LogP contribution in [0, 0.1) is 5.41 Å². The second kappa shape index (κ2) is 6.92. The molecule has 0 fully saturated rings. The van der Waals surface area contributed by atoms with Gasteiger partial charge in [0.15, 0.2) is 0 Å². The molecule has 106 valence electrons. The van der Waals surface area contributed by atoms with Crippen molar-refractivity contribution in [3.8, 4) is 5.88 Å². The Morgan fingerprint density at radius 2 is 2.16 bits per heavy atom. The van der Waals surface area contributed by atoms with Gasteiger partial charge in [-0.25, -0.2) is 9.97 Å². The van der Waals surface area contributed by atoms with Crippen molar-refractivity contribution in [1.29, 1.82) is 0 Å². The molecule has 0 spiro atoms. The summed E-state index contributed by atoms with van der Waals surface area (Å²) in [6, 6.07) is 1.73. The molecule has 0 aliphatic heterocycles. The zero-order valence-electron chi connectivity index (χ0n) is 12.0. The van der Waals surface area contributed by atoms with Gasteiger partial charge in [-0.1, -0.05) is 6.92 Å². The van der Waals surface area contributed by atoms with Gasteiger partial charge in [-0.3, -0.25) is 4.79 Å². The zero-order valence-corrected chi connectivity index (χ0v) is 12.0. The van der Waals surface area contributed by atoms with Crippen LogP contribution in [0.5, 0.6) is 5.88 Å². The van der Waals surface area contributed by atoms with Gasteiger partial charge in [0.25, 0.3) is 0 Å². The lowest BCUT2D eigenvalue weighted by Gasteiger charge is -2.23. The van der Waals surface area contributed by atoms with Gasteiger partial charge in [-0.15, -0.1) is 0 Å². The third-order valence-corrected chi connectivity index (χ3v) is 2.65. The third-order valence-electron chi connectivity index (χ3n) is 2.65. The van der Waals surface area contributed by atoms with E-state index in [1.54, 1.807) is 13.1 Å². The van der Waals surface area contributed by atoms with E-state index in [1.165, 1.54) is 6.33 Å². The Morgan fingerprint density at radius 1 is 1.42 bits per heavy atom. The van der Waals surface area contributed by atoms with Gasteiger partial charge < -0.3 is 15.4 Å². The summed E-state index contributed by atoms with van der Waals surface area (Å²) in [6.45, 7) is 6.88. The van der Waals surface area contributed by atoms with E-state index in [4.69, 9.17) is 4.74 Å². The van der Waals surface area contributed by atoms with Crippen molar-refractivity contribution in [2.45, 2.75) is 27.2 Å². The fraction of sp³-hybridized carbons (Fsp3) is 0.615. The van der Waals surface area contributed by atoms with Gasteiger partial charge in [0.05, 0.1) is 12.0 Å². The maximum absolute atomic E-state index is 11.7. The molecule has 0 bridgehead atoms. The number of ether oxygens (including phenoxy) is 1. The van der Waals surface area contributed by atoms with Gasteiger partial charge in [-0.2, -0.15) is 0 Å². The summed E-state index contributed by atoms with van der Waals surface area (Å²) in [6.07, 6.45) is 2.37. The first-order valence-electron chi connectivity index (χ1n) is 6.40. The number of carbonyl (C=O) groups excluding carboxylic acids is 1. The van der Waals surface area contributed by atoms with Crippen molar-refractivity contribution < 1.29 is 9.53 Å². The molecule has 1 heterocycles. The summed E-state index contributed by atoms with van der Waals surface area (Å²) in [5.74, 6) is 1.17. The normalized spacial score (nSPS) is 10.9. The van der Waals surface area contributed by atoms with Gasteiger partial charge in [0.2, 0.25) is 11.8 Å². The summed E-state index contributed by atoms with van der Waals surface area (Å²) < 4.78 is 5.43. The lowest BCUT2D eigenvalue weighted by atomic mass is 9.92. The van der Waals surface area contributed by atoms with Gasteiger partial charge in [-0.05, 0) is 20.3 Å². The van der Waals surface area contributed by atoms with E-state index in [0.717, 1.165) is 6.42 Å². The first kappa shape index (κ1) is 15.2. The number of hydrogen-bond donors (Lipinski definition) is 2. The number of hydrogen-bond acceptors (Lipinski definition) is 5. The summed E-state index contributed by atoms with van der Waals surface area (Å²) in [5, 5.41) is 5.77. The van der Waals surface area contributed by atoms with Crippen molar-refractivity contribution >= 4 is 11.7 Å². The average Bonchev–Trinajstić information content (AvgIpc) is 2.42. The number of amides is 1. The Hall–Kier alpha value is -1.85. The minimum atomic E-state index is -0.510. The van der Waals surface area contributed by atoms with Gasteiger partial charge in [0, 0.05) is 19.7 Å². The van der Waals surface area contributed by atoms with Gasteiger partial charge in [0.1, 0.15) is 12.1 Å². The molecule has 0 saturated carbocycles. The largest absolute Gasteiger partial charge is 0.478 e. The van der Waals surface area contributed by atoms with Crippen LogP contribution >= 0.6 is 0 Å². The van der Waals surface area contributed by atoms with Crippen LogP contribution in [-0.4, -0.2) is 36.1 Å². The first-order valence-corrected chi connectivity index (χ1v) is 6.40. The van der Waals surface area contributed by atoms with Crippen LogP contribution in [0.4, 0.5) is 5.82 Å². The SMILES string of the molecule is CCCOc1cc(NCC(C)(C)C(=O)NC)ncn1. The Balaban J connectivity index is 2.60. The molecule has 0 aliphatic rings. The van der Waals surface area contributed by atoms with E-state index >= 15 is 0 Å². The highest BCUT2D eigenvalue weighted by molar-refractivity contribution is 5.82. The lowest BCUT2D eigenvalue weighted by Crippen LogP contribution is -2.39. The number of rotatable bonds is 7. The first-order chi connectivity index (χ1) is 8.99. The minimum Gasteiger partial charge on any atom is -0.478 e. The average molecular weight is 266 g/mol. The molecular formula is C13H22N4O2. The van der Waals surface area contributed by atoms with Crippen LogP contribution in [0.15, 0.2) is 12.4 Å². The standard InChI is InChI=1S/C13H22N4O2/c1-5-6-19-11-7-10(16-9-17-11)15-8-13(2,3)12(18)14-4/h7,9H,5-6,8H2,1-4H3,(H,14,18)(H,15,16,17). The molecule has 1 rings (SSSR count). The Kier molecular flexibility index (Phi) is 5.54. The van der Waals surface area contributed by atoms with Crippen molar-refractivity contribution in [1.82, 2.24) is 15.3 Å². The smallest absolute Gasteiger partial charge is 0.227 e. The van der Waals surface area contributed by atoms with Crippen molar-refractivity contribution in [2.75, 3.05) is 25.5 Å². The minimum absolute atomic E-state index is 0.0171. The zero-order chi connectivity index (χ0) is 14.3. The molecule has 1 aromatic rings. The van der Waals surface area contributed by atoms with Crippen molar-refractivity contribution in [3.63, 3.8) is 0 Å². The van der Waals surface area contributed by atoms with Crippen LogP contribution in [0.3, 0.4) is 0 Å². The molecule has 2 N–H and O–H groups in total. The monoisotopic (exact) mass is 266 g/mol. The molecule has 0 unspecified atom stereocenters. The summed E-state index contributed by atoms with van der Waals surface area (Å²) in [7, 11) is 1.63. The van der Waals surface area contributed by atoms with Crippen LogP contribution in [-0.2, 0) is 4.79 Å². The molecule has 0 radical (unpaired) electrons. The number of anilines is 1. The highest BCUT2D eigenvalue weighted by Gasteiger charge is 2.26. The topological polar surface area (TPSA) is 76.1 Å². The molecule has 0 aliphatic carbocycles. The second-order valence-electron chi connectivity index (χ2n) is 4.91. The molecule has 0 atom stereocenters. The van der Waals surface area contributed by atoms with Gasteiger partial charge >= 0.3 is 0 Å². The Labute approximate surface area is 114 Å². The predicted molar refractivity (Wildman–Crippen MR) is 74.2 cm³/mol. The Bertz CT molecular complexity index is 421. The fourth-order valence-electron chi connectivity index (χ4n) is 1.45. The molecule has 1 amide bonds.